The summed E-state index contributed by atoms with van der Waals surface area (Å²) in [5.74, 6) is 1.38. The smallest absolute Gasteiger partial charge is 0.372 e. The van der Waals surface area contributed by atoms with Crippen molar-refractivity contribution in [2.75, 3.05) is 20.3 Å². The third-order valence-corrected chi connectivity index (χ3v) is 4.29. The highest BCUT2D eigenvalue weighted by Crippen LogP contribution is 2.34. The fourth-order valence-corrected chi connectivity index (χ4v) is 3.37. The summed E-state index contributed by atoms with van der Waals surface area (Å²) in [7, 11) is 1.98. The van der Waals surface area contributed by atoms with Crippen LogP contribution in [-0.2, 0) is 4.74 Å². The third kappa shape index (κ3) is 6.93. The van der Waals surface area contributed by atoms with Gasteiger partial charge < -0.3 is 10.1 Å². The molecule has 3 atom stereocenters. The summed E-state index contributed by atoms with van der Waals surface area (Å²) < 4.78 is 40.6. The van der Waals surface area contributed by atoms with E-state index in [0.29, 0.717) is 12.0 Å². The number of halogens is 3. The van der Waals surface area contributed by atoms with Gasteiger partial charge in [0.05, 0.1) is 0 Å². The summed E-state index contributed by atoms with van der Waals surface area (Å²) in [5, 5.41) is 3.36. The molecule has 120 valence electrons. The van der Waals surface area contributed by atoms with Crippen molar-refractivity contribution in [3.05, 3.63) is 0 Å². The molecule has 0 spiro atoms. The van der Waals surface area contributed by atoms with Gasteiger partial charge in [-0.3, -0.25) is 0 Å². The van der Waals surface area contributed by atoms with Gasteiger partial charge in [-0.25, -0.2) is 0 Å². The fourth-order valence-electron chi connectivity index (χ4n) is 3.37. The van der Waals surface area contributed by atoms with E-state index >= 15 is 0 Å². The van der Waals surface area contributed by atoms with E-state index in [2.05, 4.69) is 17.0 Å². The highest BCUT2D eigenvalue weighted by Gasteiger charge is 2.29. The molecule has 0 heterocycles. The molecule has 20 heavy (non-hydrogen) atoms. The van der Waals surface area contributed by atoms with Crippen molar-refractivity contribution in [3.63, 3.8) is 0 Å². The maximum Gasteiger partial charge on any atom is 0.411 e. The van der Waals surface area contributed by atoms with E-state index in [-0.39, 0.29) is 6.61 Å². The average molecular weight is 295 g/mol. The van der Waals surface area contributed by atoms with Crippen LogP contribution in [0.3, 0.4) is 0 Å². The molecule has 1 fully saturated rings. The molecular formula is C15H28F3NO. The number of ether oxygens (including phenoxy) is 1. The molecule has 3 unspecified atom stereocenters. The lowest BCUT2D eigenvalue weighted by Crippen LogP contribution is -2.38. The van der Waals surface area contributed by atoms with Crippen molar-refractivity contribution in [3.8, 4) is 0 Å². The van der Waals surface area contributed by atoms with Crippen LogP contribution in [0.2, 0.25) is 0 Å². The van der Waals surface area contributed by atoms with Gasteiger partial charge in [-0.15, -0.1) is 0 Å². The van der Waals surface area contributed by atoms with Crippen molar-refractivity contribution in [1.29, 1.82) is 0 Å². The molecule has 0 aliphatic heterocycles. The highest BCUT2D eigenvalue weighted by molar-refractivity contribution is 4.83. The Balaban J connectivity index is 2.24. The minimum absolute atomic E-state index is 0.213. The molecule has 1 aliphatic carbocycles. The average Bonchev–Trinajstić information content (AvgIpc) is 2.38. The Morgan fingerprint density at radius 2 is 1.95 bits per heavy atom. The normalized spacial score (nSPS) is 27.8. The largest absolute Gasteiger partial charge is 0.411 e. The van der Waals surface area contributed by atoms with Gasteiger partial charge in [0.15, 0.2) is 0 Å². The van der Waals surface area contributed by atoms with E-state index in [0.717, 1.165) is 18.8 Å². The van der Waals surface area contributed by atoms with E-state index in [1.54, 1.807) is 0 Å². The van der Waals surface area contributed by atoms with Crippen molar-refractivity contribution in [2.45, 2.75) is 64.1 Å². The molecular weight excluding hydrogens is 267 g/mol. The summed E-state index contributed by atoms with van der Waals surface area (Å²) >= 11 is 0. The van der Waals surface area contributed by atoms with Crippen molar-refractivity contribution in [2.24, 2.45) is 11.8 Å². The van der Waals surface area contributed by atoms with E-state index in [4.69, 9.17) is 0 Å². The molecule has 0 aromatic heterocycles. The minimum atomic E-state index is -4.20. The summed E-state index contributed by atoms with van der Waals surface area (Å²) in [6.45, 7) is 1.31. The quantitative estimate of drug-likeness (QED) is 0.679. The van der Waals surface area contributed by atoms with E-state index in [1.165, 1.54) is 32.1 Å². The van der Waals surface area contributed by atoms with Crippen LogP contribution < -0.4 is 5.32 Å². The molecule has 0 saturated heterocycles. The van der Waals surface area contributed by atoms with Gasteiger partial charge in [-0.05, 0) is 51.0 Å². The van der Waals surface area contributed by atoms with Crippen LogP contribution in [0.15, 0.2) is 0 Å². The number of nitrogens with one attached hydrogen (secondary N) is 1. The lowest BCUT2D eigenvalue weighted by molar-refractivity contribution is -0.174. The second-order valence-electron chi connectivity index (χ2n) is 5.93. The first kappa shape index (κ1) is 17.8. The van der Waals surface area contributed by atoms with Crippen LogP contribution in [0.1, 0.15) is 51.9 Å². The Hall–Kier alpha value is -0.290. The minimum Gasteiger partial charge on any atom is -0.372 e. The molecule has 0 aromatic carbocycles. The van der Waals surface area contributed by atoms with E-state index in [9.17, 15) is 13.2 Å². The Kier molecular flexibility index (Phi) is 7.88. The summed E-state index contributed by atoms with van der Waals surface area (Å²) in [5.41, 5.74) is 0. The molecule has 2 nitrogen and oxygen atoms in total. The Morgan fingerprint density at radius 1 is 1.20 bits per heavy atom. The molecule has 5 heteroatoms. The maximum atomic E-state index is 12.0. The standard InChI is InChI=1S/C15H28F3NO/c1-3-5-12-7-8-14(19-2)13(10-12)6-4-9-20-11-15(16,17)18/h12-14,19H,3-11H2,1-2H3. The van der Waals surface area contributed by atoms with Gasteiger partial charge in [0, 0.05) is 12.6 Å². The summed E-state index contributed by atoms with van der Waals surface area (Å²) in [6, 6.07) is 0.519. The Bertz CT molecular complexity index is 258. The van der Waals surface area contributed by atoms with E-state index in [1.807, 2.05) is 7.05 Å². The van der Waals surface area contributed by atoms with Crippen LogP contribution in [-0.4, -0.2) is 32.5 Å². The number of hydrogen-bond donors (Lipinski definition) is 1. The van der Waals surface area contributed by atoms with Crippen molar-refractivity contribution >= 4 is 0 Å². The fraction of sp³-hybridized carbons (Fsp3) is 1.00. The van der Waals surface area contributed by atoms with Gasteiger partial charge >= 0.3 is 6.18 Å². The summed E-state index contributed by atoms with van der Waals surface area (Å²) in [6.07, 6.45) is 3.65. The zero-order chi connectivity index (χ0) is 15.0. The van der Waals surface area contributed by atoms with Crippen LogP contribution in [0, 0.1) is 11.8 Å². The Morgan fingerprint density at radius 3 is 2.55 bits per heavy atom. The van der Waals surface area contributed by atoms with Crippen LogP contribution in [0.5, 0.6) is 0 Å². The zero-order valence-electron chi connectivity index (χ0n) is 12.6. The van der Waals surface area contributed by atoms with Gasteiger partial charge in [-0.1, -0.05) is 19.8 Å². The predicted molar refractivity (Wildman–Crippen MR) is 74.7 cm³/mol. The Labute approximate surface area is 120 Å². The van der Waals surface area contributed by atoms with E-state index < -0.39 is 12.8 Å². The highest BCUT2D eigenvalue weighted by atomic mass is 19.4. The zero-order valence-corrected chi connectivity index (χ0v) is 12.6. The molecule has 0 amide bonds. The summed E-state index contributed by atoms with van der Waals surface area (Å²) in [4.78, 5) is 0. The topological polar surface area (TPSA) is 21.3 Å². The molecule has 1 N–H and O–H groups in total. The van der Waals surface area contributed by atoms with Crippen LogP contribution >= 0.6 is 0 Å². The van der Waals surface area contributed by atoms with Crippen molar-refractivity contribution < 1.29 is 17.9 Å². The molecule has 0 aromatic rings. The van der Waals surface area contributed by atoms with Crippen LogP contribution in [0.25, 0.3) is 0 Å². The first-order valence-corrected chi connectivity index (χ1v) is 7.78. The predicted octanol–water partition coefficient (Wildman–Crippen LogP) is 4.15. The third-order valence-electron chi connectivity index (χ3n) is 4.29. The second kappa shape index (κ2) is 8.88. The van der Waals surface area contributed by atoms with Crippen molar-refractivity contribution in [1.82, 2.24) is 5.32 Å². The maximum absolute atomic E-state index is 12.0. The lowest BCUT2D eigenvalue weighted by atomic mass is 9.74. The molecule has 0 radical (unpaired) electrons. The van der Waals surface area contributed by atoms with Gasteiger partial charge in [0.25, 0.3) is 0 Å². The monoisotopic (exact) mass is 295 g/mol. The first-order chi connectivity index (χ1) is 9.46. The van der Waals surface area contributed by atoms with Gasteiger partial charge in [0.2, 0.25) is 0 Å². The number of alkyl halides is 3. The molecule has 1 saturated carbocycles. The van der Waals surface area contributed by atoms with Gasteiger partial charge in [0.1, 0.15) is 6.61 Å². The second-order valence-corrected chi connectivity index (χ2v) is 5.93. The SMILES string of the molecule is CCCC1CCC(NC)C(CCCOCC(F)(F)F)C1. The molecule has 0 bridgehead atoms. The molecule has 1 aliphatic rings. The first-order valence-electron chi connectivity index (χ1n) is 7.78. The van der Waals surface area contributed by atoms with Crippen LogP contribution in [0.4, 0.5) is 13.2 Å². The number of rotatable bonds is 8. The number of hydrogen-bond acceptors (Lipinski definition) is 2. The van der Waals surface area contributed by atoms with Gasteiger partial charge in [-0.2, -0.15) is 13.2 Å². The lowest BCUT2D eigenvalue weighted by Gasteiger charge is -2.36. The molecule has 1 rings (SSSR count).